The summed E-state index contributed by atoms with van der Waals surface area (Å²) in [6.45, 7) is 4.46. The number of rotatable bonds is 14. The molecule has 1 aromatic heterocycles. The van der Waals surface area contributed by atoms with E-state index in [0.717, 1.165) is 30.4 Å². The third-order valence-corrected chi connectivity index (χ3v) is 5.39. The highest BCUT2D eigenvalue weighted by molar-refractivity contribution is 5.55. The molecule has 1 aromatic carbocycles. The maximum atomic E-state index is 14.5. The van der Waals surface area contributed by atoms with Gasteiger partial charge in [-0.25, -0.2) is 14.4 Å². The van der Waals surface area contributed by atoms with Crippen molar-refractivity contribution in [3.05, 3.63) is 47.5 Å². The quantitative estimate of drug-likeness (QED) is 0.312. The van der Waals surface area contributed by atoms with E-state index >= 15 is 0 Å². The Morgan fingerprint density at radius 1 is 0.714 bits per heavy atom. The predicted octanol–water partition coefficient (Wildman–Crippen LogP) is 7.70. The zero-order chi connectivity index (χ0) is 20.0. The van der Waals surface area contributed by atoms with Gasteiger partial charge >= 0.3 is 0 Å². The van der Waals surface area contributed by atoms with Crippen LogP contribution in [-0.2, 0) is 12.8 Å². The Morgan fingerprint density at radius 2 is 1.29 bits per heavy atom. The first-order valence-corrected chi connectivity index (χ1v) is 11.3. The second kappa shape index (κ2) is 13.4. The molecule has 0 N–H and O–H groups in total. The van der Waals surface area contributed by atoms with Gasteiger partial charge in [-0.2, -0.15) is 0 Å². The lowest BCUT2D eigenvalue weighted by Crippen LogP contribution is -1.96. The largest absolute Gasteiger partial charge is 0.236 e. The van der Waals surface area contributed by atoms with Crippen molar-refractivity contribution in [1.82, 2.24) is 9.97 Å². The number of hydrogen-bond donors (Lipinski definition) is 0. The number of aryl methyl sites for hydroxylation is 2. The molecule has 2 aromatic rings. The van der Waals surface area contributed by atoms with E-state index in [1.165, 1.54) is 69.8 Å². The number of hydrogen-bond acceptors (Lipinski definition) is 2. The first-order valence-electron chi connectivity index (χ1n) is 11.3. The Bertz CT molecular complexity index is 667. The van der Waals surface area contributed by atoms with Gasteiger partial charge in [0.05, 0.1) is 0 Å². The van der Waals surface area contributed by atoms with Crippen LogP contribution in [0.25, 0.3) is 11.4 Å². The van der Waals surface area contributed by atoms with Gasteiger partial charge in [0.2, 0.25) is 0 Å². The summed E-state index contributed by atoms with van der Waals surface area (Å²) in [5.41, 5.74) is 2.74. The van der Waals surface area contributed by atoms with Gasteiger partial charge in [-0.15, -0.1) is 0 Å². The van der Waals surface area contributed by atoms with E-state index in [0.29, 0.717) is 5.82 Å². The molecule has 0 saturated carbocycles. The Morgan fingerprint density at radius 3 is 1.89 bits per heavy atom. The number of halogens is 1. The first-order chi connectivity index (χ1) is 13.7. The van der Waals surface area contributed by atoms with Crippen LogP contribution in [0.4, 0.5) is 4.39 Å². The van der Waals surface area contributed by atoms with Crippen molar-refractivity contribution in [1.29, 1.82) is 0 Å². The van der Waals surface area contributed by atoms with Gasteiger partial charge in [0.25, 0.3) is 0 Å². The van der Waals surface area contributed by atoms with Crippen molar-refractivity contribution in [3.63, 3.8) is 0 Å². The lowest BCUT2D eigenvalue weighted by Gasteiger charge is -2.07. The number of benzene rings is 1. The fourth-order valence-electron chi connectivity index (χ4n) is 3.55. The average Bonchev–Trinajstić information content (AvgIpc) is 2.72. The van der Waals surface area contributed by atoms with Crippen molar-refractivity contribution >= 4 is 0 Å². The molecule has 3 heteroatoms. The van der Waals surface area contributed by atoms with Crippen molar-refractivity contribution in [3.8, 4) is 11.4 Å². The summed E-state index contributed by atoms with van der Waals surface area (Å²) in [4.78, 5) is 8.92. The van der Waals surface area contributed by atoms with Crippen LogP contribution in [0.15, 0.2) is 30.6 Å². The van der Waals surface area contributed by atoms with E-state index in [4.69, 9.17) is 0 Å². The fourth-order valence-corrected chi connectivity index (χ4v) is 3.55. The molecule has 1 heterocycles. The normalized spacial score (nSPS) is 11.1. The summed E-state index contributed by atoms with van der Waals surface area (Å²) in [7, 11) is 0. The minimum Gasteiger partial charge on any atom is -0.236 e. The highest BCUT2D eigenvalue weighted by Crippen LogP contribution is 2.21. The topological polar surface area (TPSA) is 25.8 Å². The maximum Gasteiger partial charge on any atom is 0.159 e. The van der Waals surface area contributed by atoms with Crippen molar-refractivity contribution in [2.45, 2.75) is 97.3 Å². The van der Waals surface area contributed by atoms with E-state index in [-0.39, 0.29) is 5.82 Å². The molecular weight excluding hydrogens is 347 g/mol. The fraction of sp³-hybridized carbons (Fsp3) is 0.600. The van der Waals surface area contributed by atoms with Crippen LogP contribution in [0.5, 0.6) is 0 Å². The molecule has 0 aliphatic heterocycles. The van der Waals surface area contributed by atoms with Crippen LogP contribution in [0.3, 0.4) is 0 Å². The molecule has 0 atom stereocenters. The smallest absolute Gasteiger partial charge is 0.159 e. The van der Waals surface area contributed by atoms with E-state index in [9.17, 15) is 4.39 Å². The van der Waals surface area contributed by atoms with Crippen LogP contribution >= 0.6 is 0 Å². The Balaban J connectivity index is 1.82. The highest BCUT2D eigenvalue weighted by Gasteiger charge is 2.07. The van der Waals surface area contributed by atoms with Gasteiger partial charge in [-0.3, -0.25) is 0 Å². The van der Waals surface area contributed by atoms with Crippen molar-refractivity contribution < 1.29 is 4.39 Å². The predicted molar refractivity (Wildman–Crippen MR) is 117 cm³/mol. The molecule has 0 aliphatic rings. The summed E-state index contributed by atoms with van der Waals surface area (Å²) in [5.74, 6) is 0.481. The second-order valence-corrected chi connectivity index (χ2v) is 7.90. The van der Waals surface area contributed by atoms with E-state index in [1.54, 1.807) is 6.07 Å². The number of unbranched alkanes of at least 4 members (excludes halogenated alkanes) is 9. The van der Waals surface area contributed by atoms with Crippen LogP contribution in [0.1, 0.15) is 95.6 Å². The van der Waals surface area contributed by atoms with E-state index in [2.05, 4.69) is 23.8 Å². The van der Waals surface area contributed by atoms with Crippen LogP contribution in [-0.4, -0.2) is 9.97 Å². The summed E-state index contributed by atoms with van der Waals surface area (Å²) in [6, 6.07) is 5.45. The maximum absolute atomic E-state index is 14.5. The van der Waals surface area contributed by atoms with Gasteiger partial charge in [0.1, 0.15) is 5.82 Å². The SMILES string of the molecule is CCCCCCCCc1ccc(-c2ncc(CCCCCCC)cn2)cc1F. The Kier molecular flexibility index (Phi) is 10.8. The van der Waals surface area contributed by atoms with Gasteiger partial charge < -0.3 is 0 Å². The van der Waals surface area contributed by atoms with E-state index in [1.807, 2.05) is 24.5 Å². The summed E-state index contributed by atoms with van der Waals surface area (Å²) >= 11 is 0. The molecule has 0 amide bonds. The Hall–Kier alpha value is -1.77. The van der Waals surface area contributed by atoms with Crippen LogP contribution in [0, 0.1) is 5.82 Å². The van der Waals surface area contributed by atoms with Crippen LogP contribution < -0.4 is 0 Å². The summed E-state index contributed by atoms with van der Waals surface area (Å²) in [5, 5.41) is 0. The molecule has 0 fully saturated rings. The summed E-state index contributed by atoms with van der Waals surface area (Å²) in [6.07, 6.45) is 19.3. The third-order valence-electron chi connectivity index (χ3n) is 5.39. The van der Waals surface area contributed by atoms with Crippen molar-refractivity contribution in [2.24, 2.45) is 0 Å². The second-order valence-electron chi connectivity index (χ2n) is 7.90. The highest BCUT2D eigenvalue weighted by atomic mass is 19.1. The zero-order valence-corrected chi connectivity index (χ0v) is 17.9. The van der Waals surface area contributed by atoms with Gasteiger partial charge in [-0.1, -0.05) is 83.8 Å². The monoisotopic (exact) mass is 384 g/mol. The van der Waals surface area contributed by atoms with E-state index < -0.39 is 0 Å². The lowest BCUT2D eigenvalue weighted by molar-refractivity contribution is 0.580. The minimum atomic E-state index is -0.130. The molecule has 0 radical (unpaired) electrons. The molecular formula is C25H37FN2. The van der Waals surface area contributed by atoms with Crippen LogP contribution in [0.2, 0.25) is 0 Å². The first kappa shape index (κ1) is 22.5. The molecule has 2 nitrogen and oxygen atoms in total. The third kappa shape index (κ3) is 8.08. The lowest BCUT2D eigenvalue weighted by atomic mass is 10.0. The standard InChI is InChI=1S/C25H37FN2/c1-3-5-7-9-11-13-15-22-16-17-23(18-24(22)26)25-27-19-21(20-28-25)14-12-10-8-6-4-2/h16-20H,3-15H2,1-2H3. The van der Waals surface area contributed by atoms with Gasteiger partial charge in [0.15, 0.2) is 5.82 Å². The molecule has 0 aliphatic carbocycles. The summed E-state index contributed by atoms with van der Waals surface area (Å²) < 4.78 is 14.5. The molecule has 2 rings (SSSR count). The number of aromatic nitrogens is 2. The van der Waals surface area contributed by atoms with Gasteiger partial charge in [0, 0.05) is 18.0 Å². The zero-order valence-electron chi connectivity index (χ0n) is 17.9. The molecule has 0 bridgehead atoms. The molecule has 0 spiro atoms. The molecule has 0 saturated heterocycles. The number of nitrogens with zero attached hydrogens (tertiary/aromatic N) is 2. The molecule has 0 unspecified atom stereocenters. The van der Waals surface area contributed by atoms with Gasteiger partial charge in [-0.05, 0) is 42.9 Å². The Labute approximate surface area is 171 Å². The van der Waals surface area contributed by atoms with Crippen molar-refractivity contribution in [2.75, 3.05) is 0 Å². The molecule has 154 valence electrons. The average molecular weight is 385 g/mol. The molecule has 28 heavy (non-hydrogen) atoms. The minimum absolute atomic E-state index is 0.130.